The predicted molar refractivity (Wildman–Crippen MR) is 133 cm³/mol. The second-order valence-electron chi connectivity index (χ2n) is 8.88. The largest absolute Gasteiger partial charge is 0.368 e. The van der Waals surface area contributed by atoms with Crippen molar-refractivity contribution >= 4 is 34.6 Å². The number of carbonyl (C=O) groups is 1. The molecule has 5 rings (SSSR count). The van der Waals surface area contributed by atoms with Crippen molar-refractivity contribution in [1.29, 1.82) is 0 Å². The van der Waals surface area contributed by atoms with E-state index in [9.17, 15) is 19.3 Å². The van der Waals surface area contributed by atoms with Crippen LogP contribution < -0.4 is 15.1 Å². The van der Waals surface area contributed by atoms with E-state index in [1.165, 1.54) is 12.1 Å². The van der Waals surface area contributed by atoms with Crippen molar-refractivity contribution in [2.45, 2.75) is 19.0 Å². The van der Waals surface area contributed by atoms with E-state index in [0.717, 1.165) is 23.5 Å². The number of anilines is 2. The number of non-ortho nitro benzene ring substituents is 1. The summed E-state index contributed by atoms with van der Waals surface area (Å²) in [5.41, 5.74) is 3.10. The Bertz CT molecular complexity index is 1290. The van der Waals surface area contributed by atoms with Gasteiger partial charge in [0.2, 0.25) is 5.91 Å². The second-order valence-corrected chi connectivity index (χ2v) is 9.31. The highest BCUT2D eigenvalue weighted by Crippen LogP contribution is 2.39. The molecule has 2 aliphatic rings. The minimum Gasteiger partial charge on any atom is -0.368 e. The molecule has 0 radical (unpaired) electrons. The Morgan fingerprint density at radius 1 is 1.11 bits per heavy atom. The zero-order chi connectivity index (χ0) is 24.5. The number of halogens is 2. The number of piperazine rings is 1. The Morgan fingerprint density at radius 2 is 1.94 bits per heavy atom. The molecule has 0 saturated carbocycles. The molecule has 35 heavy (non-hydrogen) atoms. The van der Waals surface area contributed by atoms with Crippen molar-refractivity contribution < 1.29 is 14.1 Å². The summed E-state index contributed by atoms with van der Waals surface area (Å²) < 4.78 is 14.1. The highest BCUT2D eigenvalue weighted by atomic mass is 35.5. The van der Waals surface area contributed by atoms with E-state index in [-0.39, 0.29) is 30.0 Å². The Labute approximate surface area is 207 Å². The zero-order valence-electron chi connectivity index (χ0n) is 18.9. The number of nitro groups is 1. The summed E-state index contributed by atoms with van der Waals surface area (Å²) in [5, 5.41) is 14.9. The molecule has 7 nitrogen and oxygen atoms in total. The topological polar surface area (TPSA) is 78.7 Å². The normalized spacial score (nSPS) is 19.0. The van der Waals surface area contributed by atoms with Gasteiger partial charge >= 0.3 is 0 Å². The Balaban J connectivity index is 1.44. The number of rotatable bonds is 5. The summed E-state index contributed by atoms with van der Waals surface area (Å²) in [4.78, 5) is 28.8. The number of amides is 1. The lowest BCUT2D eigenvalue weighted by Crippen LogP contribution is -2.61. The first-order chi connectivity index (χ1) is 16.9. The van der Waals surface area contributed by atoms with Gasteiger partial charge in [0.15, 0.2) is 0 Å². The first-order valence-electron chi connectivity index (χ1n) is 11.5. The van der Waals surface area contributed by atoms with Crippen molar-refractivity contribution in [2.24, 2.45) is 5.92 Å². The maximum atomic E-state index is 14.1. The first kappa shape index (κ1) is 23.1. The number of nitro benzene ring substituents is 1. The van der Waals surface area contributed by atoms with Crippen molar-refractivity contribution in [3.05, 3.63) is 98.8 Å². The SMILES string of the molecule is O=C(NCc1ccccc1F)C1Cc2cc([N+](=O)[O-])ccc2N2CCN(c3cccc(Cl)c3)CC12. The number of hydrogen-bond donors (Lipinski definition) is 1. The fraction of sp³-hybridized carbons (Fsp3) is 0.269. The smallest absolute Gasteiger partial charge is 0.269 e. The molecule has 2 unspecified atom stereocenters. The lowest BCUT2D eigenvalue weighted by atomic mass is 9.83. The molecule has 2 aliphatic heterocycles. The fourth-order valence-corrected chi connectivity index (χ4v) is 5.27. The van der Waals surface area contributed by atoms with Crippen LogP contribution >= 0.6 is 11.6 Å². The summed E-state index contributed by atoms with van der Waals surface area (Å²) >= 11 is 6.21. The van der Waals surface area contributed by atoms with E-state index in [2.05, 4.69) is 15.1 Å². The average molecular weight is 495 g/mol. The third-order valence-corrected chi connectivity index (χ3v) is 7.06. The van der Waals surface area contributed by atoms with Crippen LogP contribution in [0.3, 0.4) is 0 Å². The molecule has 2 heterocycles. The van der Waals surface area contributed by atoms with Gasteiger partial charge in [-0.05, 0) is 42.3 Å². The van der Waals surface area contributed by atoms with Gasteiger partial charge < -0.3 is 15.1 Å². The van der Waals surface area contributed by atoms with E-state index < -0.39 is 10.8 Å². The number of carbonyl (C=O) groups excluding carboxylic acids is 1. The van der Waals surface area contributed by atoms with Gasteiger partial charge in [0.25, 0.3) is 5.69 Å². The van der Waals surface area contributed by atoms with E-state index in [1.807, 2.05) is 24.3 Å². The maximum Gasteiger partial charge on any atom is 0.269 e. The van der Waals surface area contributed by atoms with Gasteiger partial charge in [0.05, 0.1) is 16.9 Å². The van der Waals surface area contributed by atoms with E-state index in [1.54, 1.807) is 30.3 Å². The fourth-order valence-electron chi connectivity index (χ4n) is 5.09. The molecule has 1 amide bonds. The summed E-state index contributed by atoms with van der Waals surface area (Å²) in [7, 11) is 0. The molecule has 0 aliphatic carbocycles. The Kier molecular flexibility index (Phi) is 6.30. The molecule has 1 fully saturated rings. The maximum absolute atomic E-state index is 14.1. The Hall–Kier alpha value is -3.65. The van der Waals surface area contributed by atoms with Crippen LogP contribution in [0.25, 0.3) is 0 Å². The van der Waals surface area contributed by atoms with Crippen molar-refractivity contribution in [3.63, 3.8) is 0 Å². The molecule has 3 aromatic carbocycles. The number of nitrogens with one attached hydrogen (secondary N) is 1. The van der Waals surface area contributed by atoms with Gasteiger partial charge in [0.1, 0.15) is 5.82 Å². The summed E-state index contributed by atoms with van der Waals surface area (Å²) in [6.07, 6.45) is 0.366. The number of nitrogens with zero attached hydrogens (tertiary/aromatic N) is 3. The molecule has 1 N–H and O–H groups in total. The molecule has 2 atom stereocenters. The van der Waals surface area contributed by atoms with Gasteiger partial charge in [0, 0.05) is 60.3 Å². The van der Waals surface area contributed by atoms with Crippen LogP contribution in [0, 0.1) is 21.8 Å². The van der Waals surface area contributed by atoms with E-state index in [0.29, 0.717) is 30.1 Å². The number of benzene rings is 3. The molecular weight excluding hydrogens is 471 g/mol. The van der Waals surface area contributed by atoms with Crippen molar-refractivity contribution in [1.82, 2.24) is 5.32 Å². The minimum atomic E-state index is -0.460. The molecule has 0 aromatic heterocycles. The van der Waals surface area contributed by atoms with Crippen LogP contribution in [0.1, 0.15) is 11.1 Å². The van der Waals surface area contributed by atoms with Crippen LogP contribution in [0.15, 0.2) is 66.7 Å². The van der Waals surface area contributed by atoms with Gasteiger partial charge in [-0.2, -0.15) is 0 Å². The summed E-state index contributed by atoms with van der Waals surface area (Å²) in [6, 6.07) is 18.7. The third-order valence-electron chi connectivity index (χ3n) is 6.83. The van der Waals surface area contributed by atoms with Crippen LogP contribution in [-0.4, -0.2) is 36.5 Å². The highest BCUT2D eigenvalue weighted by Gasteiger charge is 2.42. The average Bonchev–Trinajstić information content (AvgIpc) is 2.86. The zero-order valence-corrected chi connectivity index (χ0v) is 19.6. The first-order valence-corrected chi connectivity index (χ1v) is 11.8. The van der Waals surface area contributed by atoms with Gasteiger partial charge in [-0.25, -0.2) is 4.39 Å². The van der Waals surface area contributed by atoms with Crippen molar-refractivity contribution in [3.8, 4) is 0 Å². The van der Waals surface area contributed by atoms with Gasteiger partial charge in [-0.1, -0.05) is 35.9 Å². The van der Waals surface area contributed by atoms with E-state index in [4.69, 9.17) is 11.6 Å². The lowest BCUT2D eigenvalue weighted by molar-refractivity contribution is -0.384. The van der Waals surface area contributed by atoms with E-state index >= 15 is 0 Å². The molecule has 3 aromatic rings. The van der Waals surface area contributed by atoms with Crippen LogP contribution in [0.2, 0.25) is 5.02 Å². The molecule has 1 saturated heterocycles. The molecule has 9 heteroatoms. The highest BCUT2D eigenvalue weighted by molar-refractivity contribution is 6.30. The van der Waals surface area contributed by atoms with Gasteiger partial charge in [-0.3, -0.25) is 14.9 Å². The standard InChI is InChI=1S/C26H24ClFN4O3/c27-19-5-3-6-20(14-19)30-10-11-31-24-9-8-21(32(34)35)12-18(24)13-22(25(31)16-30)26(33)29-15-17-4-1-2-7-23(17)28/h1-9,12,14,22,25H,10-11,13,15-16H2,(H,29,33). The lowest BCUT2D eigenvalue weighted by Gasteiger charge is -2.49. The van der Waals surface area contributed by atoms with Crippen molar-refractivity contribution in [2.75, 3.05) is 29.4 Å². The Morgan fingerprint density at radius 3 is 2.71 bits per heavy atom. The number of hydrogen-bond acceptors (Lipinski definition) is 5. The second kappa shape index (κ2) is 9.54. The third kappa shape index (κ3) is 4.66. The molecule has 0 bridgehead atoms. The summed E-state index contributed by atoms with van der Waals surface area (Å²) in [5.74, 6) is -1.03. The van der Waals surface area contributed by atoms with Crippen LogP contribution in [0.4, 0.5) is 21.5 Å². The number of fused-ring (bicyclic) bond motifs is 3. The molecule has 180 valence electrons. The van der Waals surface area contributed by atoms with Crippen LogP contribution in [0.5, 0.6) is 0 Å². The molecular formula is C26H24ClFN4O3. The minimum absolute atomic E-state index is 0.00489. The summed E-state index contributed by atoms with van der Waals surface area (Å²) in [6.45, 7) is 2.04. The molecule has 0 spiro atoms. The van der Waals surface area contributed by atoms with Crippen LogP contribution in [-0.2, 0) is 17.8 Å². The predicted octanol–water partition coefficient (Wildman–Crippen LogP) is 4.57. The monoisotopic (exact) mass is 494 g/mol. The quantitative estimate of drug-likeness (QED) is 0.415. The van der Waals surface area contributed by atoms with Gasteiger partial charge in [-0.15, -0.1) is 0 Å².